The lowest BCUT2D eigenvalue weighted by atomic mass is 10.00. The van der Waals surface area contributed by atoms with Gasteiger partial charge in [0.1, 0.15) is 0 Å². The van der Waals surface area contributed by atoms with Crippen LogP contribution in [0.5, 0.6) is 0 Å². The normalized spacial score (nSPS) is 19.5. The third-order valence-corrected chi connectivity index (χ3v) is 5.17. The molecule has 2 heterocycles. The number of amides is 1. The molecule has 0 spiro atoms. The van der Waals surface area contributed by atoms with Crippen molar-refractivity contribution in [2.24, 2.45) is 10.9 Å². The van der Waals surface area contributed by atoms with Gasteiger partial charge in [0.2, 0.25) is 5.91 Å². The van der Waals surface area contributed by atoms with Crippen molar-refractivity contribution in [1.82, 2.24) is 15.5 Å². The summed E-state index contributed by atoms with van der Waals surface area (Å²) in [7, 11) is 0. The second-order valence-electron chi connectivity index (χ2n) is 7.28. The van der Waals surface area contributed by atoms with Gasteiger partial charge in [-0.1, -0.05) is 19.1 Å². The Labute approximate surface area is 156 Å². The maximum absolute atomic E-state index is 11.5. The quantitative estimate of drug-likeness (QED) is 0.637. The number of likely N-dealkylation sites (tertiary alicyclic amines) is 1. The Balaban J connectivity index is 1.61. The van der Waals surface area contributed by atoms with Gasteiger partial charge in [-0.25, -0.2) is 4.99 Å². The molecule has 3 rings (SSSR count). The molecule has 0 aromatic heterocycles. The van der Waals surface area contributed by atoms with Crippen LogP contribution in [0.15, 0.2) is 29.3 Å². The van der Waals surface area contributed by atoms with E-state index in [0.717, 1.165) is 43.7 Å². The largest absolute Gasteiger partial charge is 0.360 e. The SMILES string of the molecule is CCNC(=NCc1ccc(N2CCNC(=O)C2)cc1)N1CCC(C)CC1. The van der Waals surface area contributed by atoms with E-state index in [1.54, 1.807) is 0 Å². The number of piperidine rings is 1. The molecule has 2 aliphatic rings. The van der Waals surface area contributed by atoms with Gasteiger partial charge >= 0.3 is 0 Å². The van der Waals surface area contributed by atoms with Crippen LogP contribution >= 0.6 is 0 Å². The van der Waals surface area contributed by atoms with Crippen molar-refractivity contribution in [1.29, 1.82) is 0 Å². The number of aliphatic imine (C=N–C) groups is 1. The smallest absolute Gasteiger partial charge is 0.239 e. The highest BCUT2D eigenvalue weighted by Crippen LogP contribution is 2.18. The van der Waals surface area contributed by atoms with E-state index in [4.69, 9.17) is 4.99 Å². The third kappa shape index (κ3) is 4.90. The number of carbonyl (C=O) groups excluding carboxylic acids is 1. The highest BCUT2D eigenvalue weighted by molar-refractivity contribution is 5.82. The van der Waals surface area contributed by atoms with Crippen molar-refractivity contribution in [3.8, 4) is 0 Å². The average Bonchev–Trinajstić information content (AvgIpc) is 2.66. The fourth-order valence-corrected chi connectivity index (χ4v) is 3.48. The lowest BCUT2D eigenvalue weighted by molar-refractivity contribution is -0.120. The summed E-state index contributed by atoms with van der Waals surface area (Å²) in [5.74, 6) is 1.94. The molecule has 2 aliphatic heterocycles. The van der Waals surface area contributed by atoms with Gasteiger partial charge in [-0.05, 0) is 43.4 Å². The zero-order valence-electron chi connectivity index (χ0n) is 16.0. The Morgan fingerprint density at radius 1 is 1.23 bits per heavy atom. The van der Waals surface area contributed by atoms with Crippen LogP contribution < -0.4 is 15.5 Å². The summed E-state index contributed by atoms with van der Waals surface area (Å²) in [5.41, 5.74) is 2.29. The Morgan fingerprint density at radius 3 is 2.62 bits per heavy atom. The van der Waals surface area contributed by atoms with Gasteiger partial charge < -0.3 is 20.4 Å². The first-order valence-corrected chi connectivity index (χ1v) is 9.79. The molecule has 0 saturated carbocycles. The number of nitrogens with one attached hydrogen (secondary N) is 2. The maximum atomic E-state index is 11.5. The number of hydrogen-bond acceptors (Lipinski definition) is 3. The Bertz CT molecular complexity index is 620. The topological polar surface area (TPSA) is 60.0 Å². The molecule has 0 unspecified atom stereocenters. The van der Waals surface area contributed by atoms with Gasteiger partial charge in [-0.2, -0.15) is 0 Å². The van der Waals surface area contributed by atoms with E-state index in [9.17, 15) is 4.79 Å². The predicted octanol–water partition coefficient (Wildman–Crippen LogP) is 1.82. The van der Waals surface area contributed by atoms with Gasteiger partial charge in [0.05, 0.1) is 13.1 Å². The first kappa shape index (κ1) is 18.5. The van der Waals surface area contributed by atoms with Crippen LogP contribution in [0.4, 0.5) is 5.69 Å². The molecule has 1 aromatic carbocycles. The molecule has 6 nitrogen and oxygen atoms in total. The Morgan fingerprint density at radius 2 is 1.96 bits per heavy atom. The zero-order chi connectivity index (χ0) is 18.4. The molecular formula is C20H31N5O. The minimum atomic E-state index is 0.0936. The first-order valence-electron chi connectivity index (χ1n) is 9.79. The monoisotopic (exact) mass is 357 g/mol. The maximum Gasteiger partial charge on any atom is 0.239 e. The highest BCUT2D eigenvalue weighted by Gasteiger charge is 2.19. The molecule has 0 radical (unpaired) electrons. The van der Waals surface area contributed by atoms with E-state index >= 15 is 0 Å². The molecule has 26 heavy (non-hydrogen) atoms. The van der Waals surface area contributed by atoms with Crippen molar-refractivity contribution in [3.05, 3.63) is 29.8 Å². The molecule has 2 fully saturated rings. The van der Waals surface area contributed by atoms with Crippen LogP contribution in [-0.2, 0) is 11.3 Å². The van der Waals surface area contributed by atoms with E-state index in [1.807, 2.05) is 0 Å². The van der Waals surface area contributed by atoms with Gasteiger partial charge in [0, 0.05) is 38.4 Å². The molecule has 1 amide bonds. The first-order chi connectivity index (χ1) is 12.7. The molecule has 1 aromatic rings. The molecule has 142 valence electrons. The number of rotatable bonds is 4. The summed E-state index contributed by atoms with van der Waals surface area (Å²) in [6.07, 6.45) is 2.48. The second-order valence-corrected chi connectivity index (χ2v) is 7.28. The Kier molecular flexibility index (Phi) is 6.36. The molecule has 6 heteroatoms. The van der Waals surface area contributed by atoms with Gasteiger partial charge in [0.25, 0.3) is 0 Å². The van der Waals surface area contributed by atoms with Crippen molar-refractivity contribution in [3.63, 3.8) is 0 Å². The number of guanidine groups is 1. The molecule has 0 aliphatic carbocycles. The fraction of sp³-hybridized carbons (Fsp3) is 0.600. The van der Waals surface area contributed by atoms with Crippen LogP contribution in [0, 0.1) is 5.92 Å². The number of carbonyl (C=O) groups is 1. The van der Waals surface area contributed by atoms with Crippen LogP contribution in [0.1, 0.15) is 32.3 Å². The minimum Gasteiger partial charge on any atom is -0.360 e. The molecule has 2 N–H and O–H groups in total. The number of nitrogens with zero attached hydrogens (tertiary/aromatic N) is 3. The van der Waals surface area contributed by atoms with Crippen LogP contribution in [0.25, 0.3) is 0 Å². The van der Waals surface area contributed by atoms with E-state index < -0.39 is 0 Å². The number of anilines is 1. The highest BCUT2D eigenvalue weighted by atomic mass is 16.2. The number of piperazine rings is 1. The van der Waals surface area contributed by atoms with E-state index in [0.29, 0.717) is 19.6 Å². The summed E-state index contributed by atoms with van der Waals surface area (Å²) in [4.78, 5) is 20.9. The van der Waals surface area contributed by atoms with Crippen molar-refractivity contribution >= 4 is 17.6 Å². The summed E-state index contributed by atoms with van der Waals surface area (Å²) >= 11 is 0. The standard InChI is InChI=1S/C20H31N5O/c1-3-21-20(24-11-8-16(2)9-12-24)23-14-17-4-6-18(7-5-17)25-13-10-22-19(26)15-25/h4-7,16H,3,8-15H2,1-2H3,(H,21,23)(H,22,26). The van der Waals surface area contributed by atoms with Crippen LogP contribution in [0.3, 0.4) is 0 Å². The van der Waals surface area contributed by atoms with Gasteiger partial charge in [-0.15, -0.1) is 0 Å². The summed E-state index contributed by atoms with van der Waals surface area (Å²) < 4.78 is 0. The molecule has 2 saturated heterocycles. The molecular weight excluding hydrogens is 326 g/mol. The van der Waals surface area contributed by atoms with Crippen LogP contribution in [-0.4, -0.2) is 56.0 Å². The summed E-state index contributed by atoms with van der Waals surface area (Å²) in [5, 5.41) is 6.29. The van der Waals surface area contributed by atoms with Crippen molar-refractivity contribution in [2.75, 3.05) is 44.2 Å². The van der Waals surface area contributed by atoms with Crippen molar-refractivity contribution < 1.29 is 4.79 Å². The lowest BCUT2D eigenvalue weighted by Gasteiger charge is -2.33. The Hall–Kier alpha value is -2.24. The number of benzene rings is 1. The predicted molar refractivity (Wildman–Crippen MR) is 106 cm³/mol. The van der Waals surface area contributed by atoms with E-state index in [-0.39, 0.29) is 5.91 Å². The average molecular weight is 358 g/mol. The minimum absolute atomic E-state index is 0.0936. The second kappa shape index (κ2) is 8.92. The summed E-state index contributed by atoms with van der Waals surface area (Å²) in [6.45, 7) is 10.2. The molecule has 0 atom stereocenters. The summed E-state index contributed by atoms with van der Waals surface area (Å²) in [6, 6.07) is 8.43. The van der Waals surface area contributed by atoms with Gasteiger partial charge in [-0.3, -0.25) is 4.79 Å². The molecule has 0 bridgehead atoms. The van der Waals surface area contributed by atoms with Crippen LogP contribution in [0.2, 0.25) is 0 Å². The zero-order valence-corrected chi connectivity index (χ0v) is 16.0. The van der Waals surface area contributed by atoms with E-state index in [2.05, 4.69) is 58.5 Å². The third-order valence-electron chi connectivity index (χ3n) is 5.17. The fourth-order valence-electron chi connectivity index (χ4n) is 3.48. The lowest BCUT2D eigenvalue weighted by Crippen LogP contribution is -2.47. The van der Waals surface area contributed by atoms with E-state index in [1.165, 1.54) is 18.4 Å². The van der Waals surface area contributed by atoms with Gasteiger partial charge in [0.15, 0.2) is 5.96 Å². The van der Waals surface area contributed by atoms with Crippen molar-refractivity contribution in [2.45, 2.75) is 33.2 Å². The number of hydrogen-bond donors (Lipinski definition) is 2.